The van der Waals surface area contributed by atoms with Crippen LogP contribution in [0.4, 0.5) is 0 Å². The summed E-state index contributed by atoms with van der Waals surface area (Å²) in [6.45, 7) is 0. The molecule has 3 heteroatoms. The predicted octanol–water partition coefficient (Wildman–Crippen LogP) is 12.0. The normalized spacial score (nSPS) is 12.4. The van der Waals surface area contributed by atoms with Gasteiger partial charge in [-0.1, -0.05) is 97.1 Å². The largest absolute Gasteiger partial charge is 0.309 e. The van der Waals surface area contributed by atoms with Gasteiger partial charge in [-0.15, -0.1) is 11.3 Å². The van der Waals surface area contributed by atoms with E-state index in [-0.39, 0.29) is 0 Å². The minimum atomic E-state index is 1.18. The van der Waals surface area contributed by atoms with E-state index in [0.29, 0.717) is 0 Å². The molecule has 0 N–H and O–H groups in total. The number of benzene rings is 7. The second kappa shape index (κ2) is 8.50. The fourth-order valence-electron chi connectivity index (χ4n) is 7.98. The molecule has 2 nitrogen and oxygen atoms in total. The van der Waals surface area contributed by atoms with Crippen LogP contribution >= 0.6 is 11.3 Å². The molecule has 0 bridgehead atoms. The minimum Gasteiger partial charge on any atom is -0.309 e. The van der Waals surface area contributed by atoms with E-state index in [0.717, 1.165) is 0 Å². The van der Waals surface area contributed by atoms with Crippen molar-refractivity contribution in [1.82, 2.24) is 8.97 Å². The molecule has 0 radical (unpaired) electrons. The van der Waals surface area contributed by atoms with Gasteiger partial charge in [0.1, 0.15) is 0 Å². The third-order valence-corrected chi connectivity index (χ3v) is 11.0. The molecule has 0 saturated carbocycles. The molecule has 208 valence electrons. The highest BCUT2D eigenvalue weighted by Gasteiger charge is 2.22. The molecule has 0 unspecified atom stereocenters. The van der Waals surface area contributed by atoms with Crippen LogP contribution in [0.15, 0.2) is 146 Å². The van der Waals surface area contributed by atoms with Gasteiger partial charge in [0, 0.05) is 52.8 Å². The van der Waals surface area contributed by atoms with Crippen LogP contribution in [0.3, 0.4) is 0 Å². The Labute approximate surface area is 261 Å². The fourth-order valence-corrected chi connectivity index (χ4v) is 9.12. The lowest BCUT2D eigenvalue weighted by molar-refractivity contribution is 1.18. The zero-order chi connectivity index (χ0) is 29.2. The van der Waals surface area contributed by atoms with Gasteiger partial charge in [-0.05, 0) is 65.0 Å². The van der Waals surface area contributed by atoms with Crippen LogP contribution in [0.5, 0.6) is 0 Å². The van der Waals surface area contributed by atoms with Crippen LogP contribution in [-0.4, -0.2) is 8.97 Å². The third-order valence-electron chi connectivity index (χ3n) is 9.84. The first-order valence-electron chi connectivity index (χ1n) is 15.4. The molecular weight excluding hydrogens is 565 g/mol. The van der Waals surface area contributed by atoms with Gasteiger partial charge < -0.3 is 8.97 Å². The molecule has 45 heavy (non-hydrogen) atoms. The van der Waals surface area contributed by atoms with Crippen molar-refractivity contribution >= 4 is 91.4 Å². The lowest BCUT2D eigenvalue weighted by atomic mass is 10.0. The van der Waals surface area contributed by atoms with Gasteiger partial charge >= 0.3 is 0 Å². The standard InChI is InChI=1S/C42H24N2S/c1-4-15-34-28(11-1)32-14-8-17-36-40(32)41-37(22-21-33-29-12-2-5-16-35(29)44(34)42(33)41)43(36)27-10-7-9-25(23-27)26-19-20-31-30-13-3-6-18-38(30)45-39(31)24-26/h1-24H. The van der Waals surface area contributed by atoms with Crippen LogP contribution < -0.4 is 0 Å². The number of para-hydroxylation sites is 2. The quantitative estimate of drug-likeness (QED) is 0.190. The summed E-state index contributed by atoms with van der Waals surface area (Å²) >= 11 is 1.88. The van der Waals surface area contributed by atoms with E-state index in [1.807, 2.05) is 11.3 Å². The topological polar surface area (TPSA) is 9.34 Å². The summed E-state index contributed by atoms with van der Waals surface area (Å²) in [7, 11) is 0. The highest BCUT2D eigenvalue weighted by Crippen LogP contribution is 2.45. The van der Waals surface area contributed by atoms with Gasteiger partial charge in [0.05, 0.1) is 27.6 Å². The maximum Gasteiger partial charge on any atom is 0.0641 e. The Morgan fingerprint density at radius 2 is 1.00 bits per heavy atom. The van der Waals surface area contributed by atoms with Gasteiger partial charge in [0.2, 0.25) is 0 Å². The molecule has 0 aliphatic heterocycles. The predicted molar refractivity (Wildman–Crippen MR) is 194 cm³/mol. The number of thiophene rings is 1. The second-order valence-electron chi connectivity index (χ2n) is 12.1. The smallest absolute Gasteiger partial charge is 0.0641 e. The van der Waals surface area contributed by atoms with E-state index >= 15 is 0 Å². The average Bonchev–Trinajstić information content (AvgIpc) is 3.72. The van der Waals surface area contributed by atoms with Gasteiger partial charge in [-0.25, -0.2) is 0 Å². The summed E-state index contributed by atoms with van der Waals surface area (Å²) in [5.41, 5.74) is 9.91. The summed E-state index contributed by atoms with van der Waals surface area (Å²) in [6.07, 6.45) is 0. The number of hydrogen-bond donors (Lipinski definition) is 0. The fraction of sp³-hybridized carbons (Fsp3) is 0. The molecule has 11 aromatic rings. The summed E-state index contributed by atoms with van der Waals surface area (Å²) in [5, 5.41) is 10.5. The summed E-state index contributed by atoms with van der Waals surface area (Å²) in [4.78, 5) is 0. The average molecular weight is 589 g/mol. The van der Waals surface area contributed by atoms with E-state index in [1.54, 1.807) is 0 Å². The van der Waals surface area contributed by atoms with Crippen molar-refractivity contribution in [3.05, 3.63) is 146 Å². The number of nitrogens with zero attached hydrogens (tertiary/aromatic N) is 2. The van der Waals surface area contributed by atoms with Crippen LogP contribution in [0, 0.1) is 0 Å². The molecule has 0 saturated heterocycles. The molecule has 7 aromatic carbocycles. The minimum absolute atomic E-state index is 1.18. The highest BCUT2D eigenvalue weighted by molar-refractivity contribution is 7.25. The summed E-state index contributed by atoms with van der Waals surface area (Å²) < 4.78 is 7.65. The maximum absolute atomic E-state index is 2.50. The van der Waals surface area contributed by atoms with Gasteiger partial charge in [-0.2, -0.15) is 0 Å². The number of hydrogen-bond acceptors (Lipinski definition) is 1. The summed E-state index contributed by atoms with van der Waals surface area (Å²) in [5.74, 6) is 0. The van der Waals surface area contributed by atoms with E-state index in [9.17, 15) is 0 Å². The Kier molecular flexibility index (Phi) is 4.49. The molecule has 0 aliphatic carbocycles. The van der Waals surface area contributed by atoms with Crippen molar-refractivity contribution in [3.63, 3.8) is 0 Å². The molecular formula is C42H24N2S. The Morgan fingerprint density at radius 1 is 0.378 bits per heavy atom. The van der Waals surface area contributed by atoms with Crippen molar-refractivity contribution in [2.75, 3.05) is 0 Å². The molecule has 0 aliphatic rings. The van der Waals surface area contributed by atoms with Crippen molar-refractivity contribution < 1.29 is 0 Å². The number of aromatic nitrogens is 2. The third kappa shape index (κ3) is 3.03. The van der Waals surface area contributed by atoms with Crippen molar-refractivity contribution in [3.8, 4) is 16.8 Å². The molecule has 4 aromatic heterocycles. The van der Waals surface area contributed by atoms with Gasteiger partial charge in [-0.3, -0.25) is 0 Å². The molecule has 0 amide bonds. The monoisotopic (exact) mass is 588 g/mol. The first-order valence-corrected chi connectivity index (χ1v) is 16.3. The van der Waals surface area contributed by atoms with Gasteiger partial charge in [0.15, 0.2) is 0 Å². The van der Waals surface area contributed by atoms with Crippen molar-refractivity contribution in [2.24, 2.45) is 0 Å². The second-order valence-corrected chi connectivity index (χ2v) is 13.2. The molecule has 0 fully saturated rings. The Morgan fingerprint density at radius 3 is 1.87 bits per heavy atom. The van der Waals surface area contributed by atoms with Crippen LogP contribution in [0.2, 0.25) is 0 Å². The Balaban J connectivity index is 1.25. The first kappa shape index (κ1) is 23.8. The molecule has 0 spiro atoms. The van der Waals surface area contributed by atoms with Crippen LogP contribution in [-0.2, 0) is 0 Å². The lowest BCUT2D eigenvalue weighted by Crippen LogP contribution is -1.95. The van der Waals surface area contributed by atoms with E-state index in [1.165, 1.54) is 96.9 Å². The van der Waals surface area contributed by atoms with Crippen molar-refractivity contribution in [1.29, 1.82) is 0 Å². The number of rotatable bonds is 2. The molecule has 0 atom stereocenters. The zero-order valence-corrected chi connectivity index (χ0v) is 25.0. The molecule has 4 heterocycles. The van der Waals surface area contributed by atoms with Crippen molar-refractivity contribution in [2.45, 2.75) is 0 Å². The lowest BCUT2D eigenvalue weighted by Gasteiger charge is -2.11. The van der Waals surface area contributed by atoms with Crippen LogP contribution in [0.25, 0.3) is 96.9 Å². The van der Waals surface area contributed by atoms with E-state index in [2.05, 4.69) is 155 Å². The van der Waals surface area contributed by atoms with Gasteiger partial charge in [0.25, 0.3) is 0 Å². The first-order chi connectivity index (χ1) is 22.3. The van der Waals surface area contributed by atoms with E-state index < -0.39 is 0 Å². The SMILES string of the molecule is c1cc(-c2ccc3c(c2)sc2ccccc23)cc(-n2c3cccc4c5ccccc5n5c6ccccc6c6ccc2c(c43)c65)c1. The molecule has 11 rings (SSSR count). The Bertz CT molecular complexity index is 2990. The zero-order valence-electron chi connectivity index (χ0n) is 24.2. The maximum atomic E-state index is 2.50. The van der Waals surface area contributed by atoms with E-state index in [4.69, 9.17) is 0 Å². The Hall–Kier alpha value is -5.64. The summed E-state index contributed by atoms with van der Waals surface area (Å²) in [6, 6.07) is 53.9. The highest BCUT2D eigenvalue weighted by atomic mass is 32.1. The number of fused-ring (bicyclic) bond motifs is 9. The van der Waals surface area contributed by atoms with Crippen LogP contribution in [0.1, 0.15) is 0 Å².